The highest BCUT2D eigenvalue weighted by atomic mass is 35.5. The van der Waals surface area contributed by atoms with Crippen molar-refractivity contribution in [1.82, 2.24) is 19.6 Å². The van der Waals surface area contributed by atoms with Crippen LogP contribution in [0, 0.1) is 23.3 Å². The van der Waals surface area contributed by atoms with Crippen molar-refractivity contribution in [2.24, 2.45) is 5.90 Å². The Balaban J connectivity index is 0.000000292. The van der Waals surface area contributed by atoms with Crippen molar-refractivity contribution in [3.05, 3.63) is 117 Å². The maximum absolute atomic E-state index is 14.7. The molecule has 2 aliphatic rings. The molecule has 2 fully saturated rings. The van der Waals surface area contributed by atoms with Crippen LogP contribution < -0.4 is 15.4 Å². The number of methoxy groups -OCH3 is 2. The van der Waals surface area contributed by atoms with Gasteiger partial charge in [-0.25, -0.2) is 31.9 Å². The summed E-state index contributed by atoms with van der Waals surface area (Å²) in [6.45, 7) is 0.721. The molecule has 0 radical (unpaired) electrons. The van der Waals surface area contributed by atoms with Gasteiger partial charge in [0.25, 0.3) is 0 Å². The molecule has 2 saturated heterocycles. The monoisotopic (exact) mass is 1030 g/mol. The molecule has 0 aliphatic carbocycles. The molecule has 2 heterocycles. The number of benzene rings is 4. The summed E-state index contributed by atoms with van der Waals surface area (Å²) in [5.41, 5.74) is 0.523. The summed E-state index contributed by atoms with van der Waals surface area (Å²) in [6, 6.07) is 14.7. The van der Waals surface area contributed by atoms with Crippen molar-refractivity contribution in [2.75, 3.05) is 93.7 Å². The zero-order valence-electron chi connectivity index (χ0n) is 38.9. The normalized spacial score (nSPS) is 16.1. The van der Waals surface area contributed by atoms with Gasteiger partial charge in [-0.2, -0.15) is 5.90 Å². The molecule has 6 rings (SSSR count). The molecule has 0 spiro atoms. The fourth-order valence-electron chi connectivity index (χ4n) is 6.98. The molecule has 0 bridgehead atoms. The first-order valence-electron chi connectivity index (χ1n) is 21.8. The summed E-state index contributed by atoms with van der Waals surface area (Å²) in [4.78, 5) is 59.4. The second-order valence-corrected chi connectivity index (χ2v) is 15.9. The lowest BCUT2D eigenvalue weighted by Gasteiger charge is -2.39. The van der Waals surface area contributed by atoms with Crippen LogP contribution >= 0.6 is 23.2 Å². The lowest BCUT2D eigenvalue weighted by atomic mass is 10.1. The van der Waals surface area contributed by atoms with Crippen LogP contribution in [0.4, 0.5) is 31.5 Å². The number of aliphatic hydroxyl groups excluding tert-OH is 1. The Kier molecular flexibility index (Phi) is 22.6. The topological polar surface area (TPSA) is 192 Å². The number of aliphatic hydroxyl groups is 1. The lowest BCUT2D eigenvalue weighted by molar-refractivity contribution is -0.153. The van der Waals surface area contributed by atoms with Crippen LogP contribution in [0.5, 0.6) is 23.0 Å². The van der Waals surface area contributed by atoms with E-state index in [1.54, 1.807) is 9.80 Å². The Morgan fingerprint density at radius 1 is 0.657 bits per heavy atom. The predicted octanol–water partition coefficient (Wildman–Crippen LogP) is 6.92. The number of hydrogen-bond donors (Lipinski definition) is 2. The Morgan fingerprint density at radius 3 is 1.39 bits per heavy atom. The minimum absolute atomic E-state index is 0.00138. The van der Waals surface area contributed by atoms with Crippen LogP contribution in [-0.4, -0.2) is 154 Å². The van der Waals surface area contributed by atoms with E-state index in [4.69, 9.17) is 58.9 Å². The van der Waals surface area contributed by atoms with Gasteiger partial charge in [-0.3, -0.25) is 19.0 Å². The summed E-state index contributed by atoms with van der Waals surface area (Å²) < 4.78 is 105. The standard InChI is InChI=1S/C23H25ClF2N2O6.C22H24ClF2N3O6.CH3F/c1-32-8-9-33-23(31)28-7-6-27(20(13-28)21(30)14-29)12-15-10-18(25)22(19(26)11-15)34-17-4-2-16(24)3-5-17;1-31-8-9-32-22(30)28-7-6-27(19(13-28)21(29)34-26)12-14-10-17(24)20(18(25)11-14)33-16-4-2-15(23)3-5-16;1-2/h2-5,10-11,20,29H,6-9,12-14H2,1H3;2-5,10-11,19H,6-9,12-13,26H2,1H3;1H3/t20-;19-;/m11./s1/i;;1D. The van der Waals surface area contributed by atoms with Crippen molar-refractivity contribution >= 4 is 47.1 Å². The molecule has 4 aromatic carbocycles. The highest BCUT2D eigenvalue weighted by Gasteiger charge is 2.37. The second kappa shape index (κ2) is 28.7. The molecule has 2 amide bonds. The molecular weight excluding hydrogens is 980 g/mol. The predicted molar refractivity (Wildman–Crippen MR) is 243 cm³/mol. The van der Waals surface area contributed by atoms with Gasteiger partial charge in [-0.1, -0.05) is 23.2 Å². The van der Waals surface area contributed by atoms with Crippen LogP contribution in [-0.2, 0) is 46.5 Å². The third-order valence-electron chi connectivity index (χ3n) is 10.4. The molecule has 2 atom stereocenters. The van der Waals surface area contributed by atoms with Gasteiger partial charge >= 0.3 is 18.2 Å². The van der Waals surface area contributed by atoms with Gasteiger partial charge in [0.2, 0.25) is 0 Å². The number of piperazine rings is 2. The van der Waals surface area contributed by atoms with Crippen LogP contribution in [0.2, 0.25) is 10.0 Å². The number of carbonyl (C=O) groups is 4. The maximum Gasteiger partial charge on any atom is 0.409 e. The number of rotatable bonds is 17. The number of alkyl halides is 1. The zero-order chi connectivity index (χ0) is 52.0. The van der Waals surface area contributed by atoms with E-state index in [1.807, 2.05) is 0 Å². The summed E-state index contributed by atoms with van der Waals surface area (Å²) in [6.07, 6.45) is -1.22. The van der Waals surface area contributed by atoms with E-state index >= 15 is 0 Å². The van der Waals surface area contributed by atoms with Crippen molar-refractivity contribution in [3.8, 4) is 23.0 Å². The Morgan fingerprint density at radius 2 is 1.03 bits per heavy atom. The first-order chi connectivity index (χ1) is 34.0. The first-order valence-corrected chi connectivity index (χ1v) is 21.8. The van der Waals surface area contributed by atoms with E-state index in [0.29, 0.717) is 10.0 Å². The average molecular weight is 1030 g/mol. The van der Waals surface area contributed by atoms with E-state index < -0.39 is 84.6 Å². The van der Waals surface area contributed by atoms with E-state index in [9.17, 15) is 46.2 Å². The Hall–Kier alpha value is -5.85. The summed E-state index contributed by atoms with van der Waals surface area (Å²) >= 11 is 11.6. The van der Waals surface area contributed by atoms with Crippen molar-refractivity contribution in [2.45, 2.75) is 25.2 Å². The third-order valence-corrected chi connectivity index (χ3v) is 10.9. The number of nitrogens with zero attached hydrogens (tertiary/aromatic N) is 4. The number of ether oxygens (including phenoxy) is 6. The second-order valence-electron chi connectivity index (χ2n) is 15.0. The summed E-state index contributed by atoms with van der Waals surface area (Å²) in [7, 11) is 1.95. The van der Waals surface area contributed by atoms with Crippen LogP contribution in [0.15, 0.2) is 72.8 Å². The van der Waals surface area contributed by atoms with E-state index in [0.717, 1.165) is 24.3 Å². The van der Waals surface area contributed by atoms with Gasteiger partial charge in [-0.15, -0.1) is 0 Å². The van der Waals surface area contributed by atoms with Gasteiger partial charge < -0.3 is 48.2 Å². The highest BCUT2D eigenvalue weighted by molar-refractivity contribution is 6.30. The van der Waals surface area contributed by atoms with Gasteiger partial charge in [0, 0.05) is 70.1 Å². The maximum atomic E-state index is 14.7. The molecule has 17 nitrogen and oxygen atoms in total. The van der Waals surface area contributed by atoms with E-state index in [2.05, 4.69) is 4.84 Å². The Labute approximate surface area is 411 Å². The van der Waals surface area contributed by atoms with Gasteiger partial charge in [-0.05, 0) is 83.9 Å². The fourth-order valence-corrected chi connectivity index (χ4v) is 7.24. The number of nitrogens with two attached hydrogens (primary N) is 1. The van der Waals surface area contributed by atoms with Crippen molar-refractivity contribution in [3.63, 3.8) is 0 Å². The van der Waals surface area contributed by atoms with Gasteiger partial charge in [0.1, 0.15) is 37.4 Å². The molecule has 0 saturated carbocycles. The van der Waals surface area contributed by atoms with E-state index in [1.165, 1.54) is 72.6 Å². The number of amides is 2. The number of ketones is 1. The molecule has 3 N–H and O–H groups in total. The van der Waals surface area contributed by atoms with Crippen LogP contribution in [0.1, 0.15) is 12.5 Å². The number of carbonyl (C=O) groups excluding carboxylic acids is 4. The SMILES string of the molecule is COCCOC(=O)N1CCN(Cc2cc(F)c(Oc3ccc(Cl)cc3)c(F)c2)[C@@H](C(=O)CO)C1.COCCOC(=O)N1CCN(Cc2cc(F)c(Oc3ccc(Cl)cc3)c(F)c2)[C@@H](C(=O)ON)C1.[2H]CF. The zero-order valence-corrected chi connectivity index (χ0v) is 39.4. The van der Waals surface area contributed by atoms with Crippen LogP contribution in [0.3, 0.4) is 0 Å². The number of hydrogen-bond acceptors (Lipinski definition) is 15. The number of Topliss-reactive ketones (excluding diaryl/α,β-unsaturated/α-hetero) is 1. The third kappa shape index (κ3) is 16.6. The van der Waals surface area contributed by atoms with Crippen LogP contribution in [0.25, 0.3) is 0 Å². The smallest absolute Gasteiger partial charge is 0.409 e. The first kappa shape index (κ1) is 55.1. The largest absolute Gasteiger partial charge is 0.451 e. The number of halogens is 7. The molecule has 0 unspecified atom stereocenters. The minimum Gasteiger partial charge on any atom is -0.451 e. The van der Waals surface area contributed by atoms with Gasteiger partial charge in [0.05, 0.1) is 34.3 Å². The lowest BCUT2D eigenvalue weighted by Crippen LogP contribution is -2.58. The minimum atomic E-state index is -1.00. The molecular formula is C46H52Cl2F5N5O12. The molecule has 0 aromatic heterocycles. The highest BCUT2D eigenvalue weighted by Crippen LogP contribution is 2.32. The summed E-state index contributed by atoms with van der Waals surface area (Å²) in [5.74, 6) is -0.578. The fraction of sp³-hybridized carbons (Fsp3) is 0.391. The van der Waals surface area contributed by atoms with E-state index in [-0.39, 0.29) is 101 Å². The molecule has 2 aliphatic heterocycles. The van der Waals surface area contributed by atoms with Crippen molar-refractivity contribution < 1.29 is 80.9 Å². The van der Waals surface area contributed by atoms with Crippen molar-refractivity contribution in [1.29, 1.82) is 0 Å². The molecule has 382 valence electrons. The quantitative estimate of drug-likeness (QED) is 0.0629. The molecule has 70 heavy (non-hydrogen) atoms. The summed E-state index contributed by atoms with van der Waals surface area (Å²) in [5, 5.41) is 10.3. The average Bonchev–Trinajstić information content (AvgIpc) is 3.35. The Bertz CT molecular complexity index is 2160. The van der Waals surface area contributed by atoms with Gasteiger partial charge in [0.15, 0.2) is 40.6 Å². The molecule has 4 aromatic rings. The molecule has 24 heteroatoms.